The van der Waals surface area contributed by atoms with Gasteiger partial charge in [-0.25, -0.2) is 0 Å². The molecule has 0 amide bonds. The SMILES string of the molecule is CC(c1ccccn1)N(C)C1CCN(c2cccc(Cl)c2)CC1. The van der Waals surface area contributed by atoms with Gasteiger partial charge in [0, 0.05) is 42.1 Å². The van der Waals surface area contributed by atoms with E-state index in [-0.39, 0.29) is 0 Å². The van der Waals surface area contributed by atoms with Crippen molar-refractivity contribution < 1.29 is 0 Å². The van der Waals surface area contributed by atoms with E-state index in [0.29, 0.717) is 12.1 Å². The van der Waals surface area contributed by atoms with Crippen LogP contribution >= 0.6 is 11.6 Å². The summed E-state index contributed by atoms with van der Waals surface area (Å²) >= 11 is 6.11. The second-order valence-electron chi connectivity index (χ2n) is 6.29. The minimum atomic E-state index is 0.346. The number of pyridine rings is 1. The lowest BCUT2D eigenvalue weighted by Crippen LogP contribution is -2.44. The highest BCUT2D eigenvalue weighted by molar-refractivity contribution is 6.30. The first-order valence-electron chi connectivity index (χ1n) is 8.28. The smallest absolute Gasteiger partial charge is 0.0572 e. The van der Waals surface area contributed by atoms with Crippen molar-refractivity contribution in [3.8, 4) is 0 Å². The van der Waals surface area contributed by atoms with E-state index in [1.165, 1.54) is 18.5 Å². The van der Waals surface area contributed by atoms with E-state index in [4.69, 9.17) is 11.6 Å². The Morgan fingerprint density at radius 2 is 1.96 bits per heavy atom. The topological polar surface area (TPSA) is 19.4 Å². The Labute approximate surface area is 143 Å². The number of piperidine rings is 1. The van der Waals surface area contributed by atoms with Crippen LogP contribution < -0.4 is 4.90 Å². The Kier molecular flexibility index (Phi) is 5.19. The van der Waals surface area contributed by atoms with Crippen molar-refractivity contribution in [2.45, 2.75) is 31.8 Å². The van der Waals surface area contributed by atoms with Gasteiger partial charge >= 0.3 is 0 Å². The lowest BCUT2D eigenvalue weighted by atomic mass is 10.0. The number of anilines is 1. The van der Waals surface area contributed by atoms with Gasteiger partial charge < -0.3 is 4.90 Å². The summed E-state index contributed by atoms with van der Waals surface area (Å²) in [6, 6.07) is 15.3. The molecule has 4 heteroatoms. The molecule has 0 radical (unpaired) electrons. The molecule has 1 fully saturated rings. The first kappa shape index (κ1) is 16.3. The molecule has 1 unspecified atom stereocenters. The van der Waals surface area contributed by atoms with Gasteiger partial charge in [0.15, 0.2) is 0 Å². The van der Waals surface area contributed by atoms with E-state index in [0.717, 1.165) is 23.8 Å². The summed E-state index contributed by atoms with van der Waals surface area (Å²) in [5.74, 6) is 0. The molecule has 0 N–H and O–H groups in total. The van der Waals surface area contributed by atoms with Crippen LogP contribution in [0.3, 0.4) is 0 Å². The molecule has 3 nitrogen and oxygen atoms in total. The summed E-state index contributed by atoms with van der Waals surface area (Å²) in [6.45, 7) is 4.39. The predicted molar refractivity (Wildman–Crippen MR) is 97.1 cm³/mol. The molecule has 1 atom stereocenters. The third-order valence-electron chi connectivity index (χ3n) is 4.94. The fraction of sp³-hybridized carbons (Fsp3) is 0.421. The molecule has 1 aromatic carbocycles. The largest absolute Gasteiger partial charge is 0.371 e. The molecule has 1 aliphatic heterocycles. The highest BCUT2D eigenvalue weighted by Crippen LogP contribution is 2.27. The van der Waals surface area contributed by atoms with Gasteiger partial charge in [0.1, 0.15) is 0 Å². The Morgan fingerprint density at radius 3 is 2.61 bits per heavy atom. The standard InChI is InChI=1S/C19H24ClN3/c1-15(19-8-3-4-11-21-19)22(2)17-9-12-23(13-10-17)18-7-5-6-16(20)14-18/h3-8,11,14-15,17H,9-10,12-13H2,1-2H3. The summed E-state index contributed by atoms with van der Waals surface area (Å²) in [5.41, 5.74) is 2.38. The van der Waals surface area contributed by atoms with Crippen LogP contribution in [0.25, 0.3) is 0 Å². The maximum absolute atomic E-state index is 6.11. The van der Waals surface area contributed by atoms with E-state index < -0.39 is 0 Å². The van der Waals surface area contributed by atoms with Crippen LogP contribution in [-0.4, -0.2) is 36.1 Å². The van der Waals surface area contributed by atoms with Crippen molar-refractivity contribution in [3.05, 3.63) is 59.4 Å². The van der Waals surface area contributed by atoms with Gasteiger partial charge in [-0.2, -0.15) is 0 Å². The molecule has 23 heavy (non-hydrogen) atoms. The van der Waals surface area contributed by atoms with Crippen molar-refractivity contribution in [2.24, 2.45) is 0 Å². The quantitative estimate of drug-likeness (QED) is 0.829. The minimum absolute atomic E-state index is 0.346. The zero-order valence-electron chi connectivity index (χ0n) is 13.8. The molecule has 2 aromatic rings. The zero-order valence-corrected chi connectivity index (χ0v) is 14.6. The average molecular weight is 330 g/mol. The lowest BCUT2D eigenvalue weighted by Gasteiger charge is -2.40. The molecule has 3 rings (SSSR count). The molecule has 2 heterocycles. The molecule has 1 saturated heterocycles. The van der Waals surface area contributed by atoms with Gasteiger partial charge in [-0.3, -0.25) is 9.88 Å². The minimum Gasteiger partial charge on any atom is -0.371 e. The summed E-state index contributed by atoms with van der Waals surface area (Å²) < 4.78 is 0. The van der Waals surface area contributed by atoms with Gasteiger partial charge in [-0.15, -0.1) is 0 Å². The number of aromatic nitrogens is 1. The van der Waals surface area contributed by atoms with Crippen LogP contribution in [-0.2, 0) is 0 Å². The van der Waals surface area contributed by atoms with Crippen LogP contribution in [0.4, 0.5) is 5.69 Å². The number of rotatable bonds is 4. The van der Waals surface area contributed by atoms with Gasteiger partial charge in [-0.1, -0.05) is 23.7 Å². The van der Waals surface area contributed by atoms with Gasteiger partial charge in [0.2, 0.25) is 0 Å². The molecular formula is C19H24ClN3. The van der Waals surface area contributed by atoms with Crippen molar-refractivity contribution in [1.29, 1.82) is 0 Å². The summed E-state index contributed by atoms with van der Waals surface area (Å²) in [5, 5.41) is 0.811. The second-order valence-corrected chi connectivity index (χ2v) is 6.73. The number of nitrogens with zero attached hydrogens (tertiary/aromatic N) is 3. The average Bonchev–Trinajstić information content (AvgIpc) is 2.61. The van der Waals surface area contributed by atoms with Gasteiger partial charge in [-0.05, 0) is 57.1 Å². The van der Waals surface area contributed by atoms with Crippen LogP contribution in [0, 0.1) is 0 Å². The maximum Gasteiger partial charge on any atom is 0.0572 e. The van der Waals surface area contributed by atoms with Crippen molar-refractivity contribution in [3.63, 3.8) is 0 Å². The molecule has 0 spiro atoms. The number of benzene rings is 1. The summed E-state index contributed by atoms with van der Waals surface area (Å²) in [7, 11) is 2.22. The molecule has 0 aliphatic carbocycles. The van der Waals surface area contributed by atoms with Gasteiger partial charge in [0.25, 0.3) is 0 Å². The summed E-state index contributed by atoms with van der Waals surface area (Å²) in [6.07, 6.45) is 4.21. The normalized spacial score (nSPS) is 17.5. The monoisotopic (exact) mass is 329 g/mol. The summed E-state index contributed by atoms with van der Waals surface area (Å²) in [4.78, 5) is 9.40. The number of hydrogen-bond donors (Lipinski definition) is 0. The van der Waals surface area contributed by atoms with Crippen molar-refractivity contribution in [1.82, 2.24) is 9.88 Å². The Balaban J connectivity index is 1.60. The fourth-order valence-electron chi connectivity index (χ4n) is 3.35. The van der Waals surface area contributed by atoms with E-state index in [1.54, 1.807) is 0 Å². The van der Waals surface area contributed by atoms with E-state index in [9.17, 15) is 0 Å². The molecule has 122 valence electrons. The highest BCUT2D eigenvalue weighted by Gasteiger charge is 2.26. The van der Waals surface area contributed by atoms with Crippen LogP contribution in [0.15, 0.2) is 48.7 Å². The second kappa shape index (κ2) is 7.33. The Bertz CT molecular complexity index is 624. The van der Waals surface area contributed by atoms with Gasteiger partial charge in [0.05, 0.1) is 5.69 Å². The van der Waals surface area contributed by atoms with Crippen molar-refractivity contribution in [2.75, 3.05) is 25.0 Å². The predicted octanol–water partition coefficient (Wildman–Crippen LogP) is 4.40. The number of hydrogen-bond acceptors (Lipinski definition) is 3. The van der Waals surface area contributed by atoms with E-state index >= 15 is 0 Å². The molecule has 0 bridgehead atoms. The third-order valence-corrected chi connectivity index (χ3v) is 5.18. The molecular weight excluding hydrogens is 306 g/mol. The Hall–Kier alpha value is -1.58. The van der Waals surface area contributed by atoms with Crippen LogP contribution in [0.1, 0.15) is 31.5 Å². The van der Waals surface area contributed by atoms with E-state index in [1.807, 2.05) is 24.4 Å². The van der Waals surface area contributed by atoms with Crippen molar-refractivity contribution >= 4 is 17.3 Å². The molecule has 1 aromatic heterocycles. The fourth-order valence-corrected chi connectivity index (χ4v) is 3.54. The first-order valence-corrected chi connectivity index (χ1v) is 8.66. The van der Waals surface area contributed by atoms with E-state index in [2.05, 4.69) is 53.0 Å². The highest BCUT2D eigenvalue weighted by atomic mass is 35.5. The Morgan fingerprint density at radius 1 is 1.17 bits per heavy atom. The molecule has 1 aliphatic rings. The van der Waals surface area contributed by atoms with Crippen LogP contribution in [0.5, 0.6) is 0 Å². The molecule has 0 saturated carbocycles. The maximum atomic E-state index is 6.11. The number of halogens is 1. The van der Waals surface area contributed by atoms with Crippen LogP contribution in [0.2, 0.25) is 5.02 Å². The first-order chi connectivity index (χ1) is 11.1. The lowest BCUT2D eigenvalue weighted by molar-refractivity contribution is 0.156. The third kappa shape index (κ3) is 3.85. The zero-order chi connectivity index (χ0) is 16.2.